The number of hydrogen-bond donors (Lipinski definition) is 1. The van der Waals surface area contributed by atoms with Crippen LogP contribution in [0.2, 0.25) is 0 Å². The molecule has 1 aromatic rings. The van der Waals surface area contributed by atoms with Gasteiger partial charge in [0.2, 0.25) is 0 Å². The van der Waals surface area contributed by atoms with Crippen LogP contribution in [-0.4, -0.2) is 29.6 Å². The smallest absolute Gasteiger partial charge is 0.147 e. The van der Waals surface area contributed by atoms with Crippen LogP contribution in [-0.2, 0) is 6.54 Å². The van der Waals surface area contributed by atoms with Crippen LogP contribution in [0.25, 0.3) is 0 Å². The van der Waals surface area contributed by atoms with E-state index in [1.54, 1.807) is 0 Å². The molecular formula is C16H28N4. The van der Waals surface area contributed by atoms with E-state index in [1.807, 2.05) is 12.4 Å². The molecule has 0 spiro atoms. The molecule has 0 unspecified atom stereocenters. The summed E-state index contributed by atoms with van der Waals surface area (Å²) in [5.41, 5.74) is 1.41. The van der Waals surface area contributed by atoms with Crippen molar-refractivity contribution in [3.63, 3.8) is 0 Å². The zero-order valence-corrected chi connectivity index (χ0v) is 13.3. The van der Waals surface area contributed by atoms with Crippen molar-refractivity contribution in [2.75, 3.05) is 24.5 Å². The van der Waals surface area contributed by atoms with Crippen LogP contribution in [0.1, 0.15) is 46.2 Å². The molecule has 1 aromatic heterocycles. The van der Waals surface area contributed by atoms with Gasteiger partial charge in [-0.25, -0.2) is 4.98 Å². The lowest BCUT2D eigenvalue weighted by Crippen LogP contribution is -2.40. The summed E-state index contributed by atoms with van der Waals surface area (Å²) in [6.45, 7) is 13.1. The second-order valence-corrected chi connectivity index (χ2v) is 7.08. The first kappa shape index (κ1) is 15.2. The Labute approximate surface area is 123 Å². The Bertz CT molecular complexity index is 428. The highest BCUT2D eigenvalue weighted by atomic mass is 15.2. The first-order valence-corrected chi connectivity index (χ1v) is 7.73. The summed E-state index contributed by atoms with van der Waals surface area (Å²) in [7, 11) is 0. The summed E-state index contributed by atoms with van der Waals surface area (Å²) >= 11 is 0. The van der Waals surface area contributed by atoms with Crippen molar-refractivity contribution in [2.45, 2.75) is 47.1 Å². The van der Waals surface area contributed by atoms with Crippen LogP contribution in [0.3, 0.4) is 0 Å². The van der Waals surface area contributed by atoms with E-state index in [-0.39, 0.29) is 0 Å². The SMILES string of the molecule is CC(C)CNCc1cncc(N2CCCC(C)(C)C2)n1. The highest BCUT2D eigenvalue weighted by Gasteiger charge is 2.27. The van der Waals surface area contributed by atoms with Gasteiger partial charge in [0, 0.05) is 25.8 Å². The largest absolute Gasteiger partial charge is 0.355 e. The quantitative estimate of drug-likeness (QED) is 0.898. The molecule has 1 saturated heterocycles. The number of aromatic nitrogens is 2. The lowest BCUT2D eigenvalue weighted by Gasteiger charge is -2.38. The molecule has 2 rings (SSSR count). The van der Waals surface area contributed by atoms with E-state index in [1.165, 1.54) is 12.8 Å². The van der Waals surface area contributed by atoms with Gasteiger partial charge in [-0.15, -0.1) is 0 Å². The summed E-state index contributed by atoms with van der Waals surface area (Å²) in [6, 6.07) is 0. The van der Waals surface area contributed by atoms with Gasteiger partial charge >= 0.3 is 0 Å². The van der Waals surface area contributed by atoms with Crippen molar-refractivity contribution in [3.8, 4) is 0 Å². The van der Waals surface area contributed by atoms with E-state index < -0.39 is 0 Å². The monoisotopic (exact) mass is 276 g/mol. The summed E-state index contributed by atoms with van der Waals surface area (Å²) in [5.74, 6) is 1.69. The van der Waals surface area contributed by atoms with Crippen LogP contribution >= 0.6 is 0 Å². The number of anilines is 1. The molecule has 0 aromatic carbocycles. The normalized spacial score (nSPS) is 18.6. The Kier molecular flexibility index (Phi) is 4.97. The van der Waals surface area contributed by atoms with Crippen molar-refractivity contribution in [1.82, 2.24) is 15.3 Å². The topological polar surface area (TPSA) is 41.1 Å². The molecule has 1 fully saturated rings. The molecule has 4 heteroatoms. The Morgan fingerprint density at radius 1 is 1.35 bits per heavy atom. The molecule has 1 N–H and O–H groups in total. The first-order valence-electron chi connectivity index (χ1n) is 7.73. The Balaban J connectivity index is 1.98. The maximum absolute atomic E-state index is 4.76. The number of hydrogen-bond acceptors (Lipinski definition) is 4. The predicted octanol–water partition coefficient (Wildman–Crippen LogP) is 2.85. The van der Waals surface area contributed by atoms with Gasteiger partial charge in [0.1, 0.15) is 5.82 Å². The summed E-state index contributed by atoms with van der Waals surface area (Å²) in [6.07, 6.45) is 6.30. The lowest BCUT2D eigenvalue weighted by atomic mass is 9.84. The molecule has 1 aliphatic heterocycles. The Morgan fingerprint density at radius 2 is 2.15 bits per heavy atom. The molecule has 2 heterocycles. The van der Waals surface area contributed by atoms with Crippen molar-refractivity contribution < 1.29 is 0 Å². The van der Waals surface area contributed by atoms with Crippen molar-refractivity contribution in [1.29, 1.82) is 0 Å². The third-order valence-corrected chi connectivity index (χ3v) is 3.75. The maximum atomic E-state index is 4.76. The molecule has 0 bridgehead atoms. The third-order valence-electron chi connectivity index (χ3n) is 3.75. The zero-order chi connectivity index (χ0) is 14.6. The van der Waals surface area contributed by atoms with Crippen LogP contribution < -0.4 is 10.2 Å². The van der Waals surface area contributed by atoms with Gasteiger partial charge in [0.05, 0.1) is 11.9 Å². The fourth-order valence-electron chi connectivity index (χ4n) is 2.74. The second-order valence-electron chi connectivity index (χ2n) is 7.08. The highest BCUT2D eigenvalue weighted by Crippen LogP contribution is 2.30. The molecule has 0 saturated carbocycles. The number of nitrogens with zero attached hydrogens (tertiary/aromatic N) is 3. The van der Waals surface area contributed by atoms with Gasteiger partial charge in [-0.1, -0.05) is 27.7 Å². The summed E-state index contributed by atoms with van der Waals surface area (Å²) < 4.78 is 0. The van der Waals surface area contributed by atoms with Gasteiger partial charge in [-0.2, -0.15) is 0 Å². The minimum absolute atomic E-state index is 0.381. The van der Waals surface area contributed by atoms with E-state index in [2.05, 4.69) is 42.9 Å². The standard InChI is InChI=1S/C16H28N4/c1-13(2)8-17-9-14-10-18-11-15(19-14)20-7-5-6-16(3,4)12-20/h10-11,13,17H,5-9,12H2,1-4H3. The molecular weight excluding hydrogens is 248 g/mol. The first-order chi connectivity index (χ1) is 9.46. The van der Waals surface area contributed by atoms with Gasteiger partial charge in [-0.05, 0) is 30.7 Å². The molecule has 20 heavy (non-hydrogen) atoms. The van der Waals surface area contributed by atoms with Crippen molar-refractivity contribution in [2.24, 2.45) is 11.3 Å². The molecule has 0 aliphatic carbocycles. The van der Waals surface area contributed by atoms with E-state index in [0.717, 1.165) is 37.7 Å². The number of piperidine rings is 1. The average Bonchev–Trinajstić information content (AvgIpc) is 2.37. The molecule has 0 radical (unpaired) electrons. The molecule has 1 aliphatic rings. The summed E-state index contributed by atoms with van der Waals surface area (Å²) in [4.78, 5) is 11.5. The van der Waals surface area contributed by atoms with Crippen LogP contribution in [0.15, 0.2) is 12.4 Å². The Hall–Kier alpha value is -1.16. The van der Waals surface area contributed by atoms with Crippen molar-refractivity contribution in [3.05, 3.63) is 18.1 Å². The highest BCUT2D eigenvalue weighted by molar-refractivity contribution is 5.37. The summed E-state index contributed by atoms with van der Waals surface area (Å²) in [5, 5.41) is 3.43. The van der Waals surface area contributed by atoms with Gasteiger partial charge in [0.15, 0.2) is 0 Å². The Morgan fingerprint density at radius 3 is 2.85 bits per heavy atom. The van der Waals surface area contributed by atoms with Crippen LogP contribution in [0, 0.1) is 11.3 Å². The van der Waals surface area contributed by atoms with Crippen LogP contribution in [0.5, 0.6) is 0 Å². The molecule has 112 valence electrons. The minimum atomic E-state index is 0.381. The van der Waals surface area contributed by atoms with E-state index in [4.69, 9.17) is 4.98 Å². The zero-order valence-electron chi connectivity index (χ0n) is 13.3. The molecule has 0 amide bonds. The predicted molar refractivity (Wildman–Crippen MR) is 83.8 cm³/mol. The second kappa shape index (κ2) is 6.53. The lowest BCUT2D eigenvalue weighted by molar-refractivity contribution is 0.292. The molecule has 4 nitrogen and oxygen atoms in total. The number of rotatable bonds is 5. The van der Waals surface area contributed by atoms with E-state index in [9.17, 15) is 0 Å². The van der Waals surface area contributed by atoms with E-state index >= 15 is 0 Å². The number of nitrogens with one attached hydrogen (secondary N) is 1. The van der Waals surface area contributed by atoms with Gasteiger partial charge in [-0.3, -0.25) is 4.98 Å². The average molecular weight is 276 g/mol. The van der Waals surface area contributed by atoms with E-state index in [0.29, 0.717) is 11.3 Å². The minimum Gasteiger partial charge on any atom is -0.355 e. The van der Waals surface area contributed by atoms with Gasteiger partial charge < -0.3 is 10.2 Å². The van der Waals surface area contributed by atoms with Crippen molar-refractivity contribution >= 4 is 5.82 Å². The fourth-order valence-corrected chi connectivity index (χ4v) is 2.74. The molecule has 0 atom stereocenters. The third kappa shape index (κ3) is 4.44. The van der Waals surface area contributed by atoms with Gasteiger partial charge in [0.25, 0.3) is 0 Å². The fraction of sp³-hybridized carbons (Fsp3) is 0.750. The maximum Gasteiger partial charge on any atom is 0.147 e. The van der Waals surface area contributed by atoms with Crippen LogP contribution in [0.4, 0.5) is 5.82 Å².